The maximum atomic E-state index is 11.7. The van der Waals surface area contributed by atoms with Gasteiger partial charge in [-0.1, -0.05) is 24.3 Å². The summed E-state index contributed by atoms with van der Waals surface area (Å²) in [5.41, 5.74) is 1.58. The normalized spacial score (nSPS) is 11.3. The topological polar surface area (TPSA) is 46.5 Å². The molecule has 3 nitrogen and oxygen atoms in total. The van der Waals surface area contributed by atoms with E-state index in [0.717, 1.165) is 24.8 Å². The van der Waals surface area contributed by atoms with Gasteiger partial charge in [-0.05, 0) is 44.2 Å². The largest absolute Gasteiger partial charge is 0.468 e. The summed E-state index contributed by atoms with van der Waals surface area (Å²) in [6.07, 6.45) is 2.77. The zero-order valence-corrected chi connectivity index (χ0v) is 11.4. The van der Waals surface area contributed by atoms with Crippen LogP contribution in [0.4, 0.5) is 0 Å². The Labute approximate surface area is 109 Å². The number of esters is 1. The third kappa shape index (κ3) is 3.57. The molecule has 0 aliphatic heterocycles. The lowest BCUT2D eigenvalue weighted by molar-refractivity contribution is -0.146. The van der Waals surface area contributed by atoms with Crippen molar-refractivity contribution >= 4 is 5.97 Å². The predicted molar refractivity (Wildman–Crippen MR) is 71.5 cm³/mol. The van der Waals surface area contributed by atoms with E-state index in [0.29, 0.717) is 0 Å². The van der Waals surface area contributed by atoms with Crippen LogP contribution in [0.1, 0.15) is 37.8 Å². The van der Waals surface area contributed by atoms with E-state index in [9.17, 15) is 4.79 Å². The number of aliphatic hydroxyl groups excluding tert-OH is 1. The lowest BCUT2D eigenvalue weighted by Gasteiger charge is -2.22. The molecule has 0 unspecified atom stereocenters. The Morgan fingerprint density at radius 3 is 2.33 bits per heavy atom. The van der Waals surface area contributed by atoms with Gasteiger partial charge in [0.15, 0.2) is 0 Å². The number of methoxy groups -OCH3 is 1. The standard InChI is InChI=1S/C15H22O3/c1-15(2,14(17)18-3)13-9-7-12(8-10-13)6-4-5-11-16/h7-10,16H,4-6,11H2,1-3H3. The molecule has 1 N–H and O–H groups in total. The van der Waals surface area contributed by atoms with Crippen LogP contribution in [0.2, 0.25) is 0 Å². The van der Waals surface area contributed by atoms with Gasteiger partial charge in [0.1, 0.15) is 0 Å². The first kappa shape index (κ1) is 14.7. The van der Waals surface area contributed by atoms with E-state index >= 15 is 0 Å². The van der Waals surface area contributed by atoms with Crippen LogP contribution < -0.4 is 0 Å². The fourth-order valence-corrected chi connectivity index (χ4v) is 1.90. The fraction of sp³-hybridized carbons (Fsp3) is 0.533. The summed E-state index contributed by atoms with van der Waals surface area (Å²) in [6, 6.07) is 8.03. The van der Waals surface area contributed by atoms with Crippen LogP contribution in [0, 0.1) is 0 Å². The smallest absolute Gasteiger partial charge is 0.315 e. The molecule has 0 fully saturated rings. The van der Waals surface area contributed by atoms with Gasteiger partial charge >= 0.3 is 5.97 Å². The molecule has 0 radical (unpaired) electrons. The number of rotatable bonds is 6. The molecule has 0 bridgehead atoms. The lowest BCUT2D eigenvalue weighted by atomic mass is 9.84. The Balaban J connectivity index is 2.73. The van der Waals surface area contributed by atoms with E-state index in [1.165, 1.54) is 12.7 Å². The Bertz CT molecular complexity index is 379. The van der Waals surface area contributed by atoms with Crippen LogP contribution in [0.5, 0.6) is 0 Å². The number of unbranched alkanes of at least 4 members (excludes halogenated alkanes) is 1. The van der Waals surface area contributed by atoms with Gasteiger partial charge in [-0.2, -0.15) is 0 Å². The molecule has 1 aromatic rings. The van der Waals surface area contributed by atoms with Crippen LogP contribution in [-0.2, 0) is 21.4 Å². The Morgan fingerprint density at radius 1 is 1.22 bits per heavy atom. The van der Waals surface area contributed by atoms with Gasteiger partial charge in [0.05, 0.1) is 12.5 Å². The monoisotopic (exact) mass is 250 g/mol. The Kier molecular flexibility index (Phi) is 5.35. The minimum atomic E-state index is -0.613. The maximum Gasteiger partial charge on any atom is 0.315 e. The van der Waals surface area contributed by atoms with E-state index < -0.39 is 5.41 Å². The highest BCUT2D eigenvalue weighted by Gasteiger charge is 2.30. The van der Waals surface area contributed by atoms with Crippen molar-refractivity contribution in [3.05, 3.63) is 35.4 Å². The van der Waals surface area contributed by atoms with Crippen molar-refractivity contribution in [2.75, 3.05) is 13.7 Å². The first-order valence-electron chi connectivity index (χ1n) is 6.31. The number of carbonyl (C=O) groups is 1. The zero-order chi connectivity index (χ0) is 13.6. The lowest BCUT2D eigenvalue weighted by Crippen LogP contribution is -2.30. The SMILES string of the molecule is COC(=O)C(C)(C)c1ccc(CCCCO)cc1. The molecule has 18 heavy (non-hydrogen) atoms. The van der Waals surface area contributed by atoms with E-state index in [1.54, 1.807) is 0 Å². The Hall–Kier alpha value is -1.35. The van der Waals surface area contributed by atoms with Crippen LogP contribution >= 0.6 is 0 Å². The molecule has 1 aromatic carbocycles. The highest BCUT2D eigenvalue weighted by atomic mass is 16.5. The number of ether oxygens (including phenoxy) is 1. The molecular formula is C15H22O3. The zero-order valence-electron chi connectivity index (χ0n) is 11.4. The quantitative estimate of drug-likeness (QED) is 0.623. The molecule has 0 aromatic heterocycles. The molecule has 0 saturated carbocycles. The van der Waals surface area contributed by atoms with Crippen molar-refractivity contribution in [2.45, 2.75) is 38.5 Å². The van der Waals surface area contributed by atoms with Crippen molar-refractivity contribution in [3.63, 3.8) is 0 Å². The highest BCUT2D eigenvalue weighted by molar-refractivity contribution is 5.82. The van der Waals surface area contributed by atoms with Crippen molar-refractivity contribution in [1.29, 1.82) is 0 Å². The van der Waals surface area contributed by atoms with Gasteiger partial charge in [-0.3, -0.25) is 4.79 Å². The van der Waals surface area contributed by atoms with Crippen LogP contribution in [-0.4, -0.2) is 24.8 Å². The number of aryl methyl sites for hydroxylation is 1. The van der Waals surface area contributed by atoms with Gasteiger partial charge in [-0.15, -0.1) is 0 Å². The number of hydrogen-bond donors (Lipinski definition) is 1. The van der Waals surface area contributed by atoms with Gasteiger partial charge in [0.25, 0.3) is 0 Å². The molecule has 100 valence electrons. The molecule has 0 aliphatic rings. The molecular weight excluding hydrogens is 228 g/mol. The van der Waals surface area contributed by atoms with E-state index in [2.05, 4.69) is 0 Å². The number of hydrogen-bond acceptors (Lipinski definition) is 3. The third-order valence-electron chi connectivity index (χ3n) is 3.24. The summed E-state index contributed by atoms with van der Waals surface area (Å²) < 4.78 is 4.81. The summed E-state index contributed by atoms with van der Waals surface area (Å²) in [7, 11) is 1.41. The van der Waals surface area contributed by atoms with Crippen molar-refractivity contribution in [1.82, 2.24) is 0 Å². The number of benzene rings is 1. The van der Waals surface area contributed by atoms with E-state index in [-0.39, 0.29) is 12.6 Å². The number of aliphatic hydroxyl groups is 1. The van der Waals surface area contributed by atoms with Crippen molar-refractivity contribution in [3.8, 4) is 0 Å². The van der Waals surface area contributed by atoms with Crippen molar-refractivity contribution in [2.24, 2.45) is 0 Å². The van der Waals surface area contributed by atoms with Crippen LogP contribution in [0.3, 0.4) is 0 Å². The second-order valence-electron chi connectivity index (χ2n) is 4.99. The average Bonchev–Trinajstić information content (AvgIpc) is 2.38. The van der Waals surface area contributed by atoms with Gasteiger partial charge in [0, 0.05) is 6.61 Å². The minimum Gasteiger partial charge on any atom is -0.468 e. The summed E-state index contributed by atoms with van der Waals surface area (Å²) >= 11 is 0. The van der Waals surface area contributed by atoms with Crippen molar-refractivity contribution < 1.29 is 14.6 Å². The van der Waals surface area contributed by atoms with Gasteiger partial charge in [0.2, 0.25) is 0 Å². The third-order valence-corrected chi connectivity index (χ3v) is 3.24. The summed E-state index contributed by atoms with van der Waals surface area (Å²) in [5, 5.41) is 8.73. The van der Waals surface area contributed by atoms with Crippen LogP contribution in [0.25, 0.3) is 0 Å². The molecule has 0 saturated heterocycles. The molecule has 3 heteroatoms. The predicted octanol–water partition coefficient (Wildman–Crippen LogP) is 2.45. The van der Waals surface area contributed by atoms with Gasteiger partial charge in [-0.25, -0.2) is 0 Å². The maximum absolute atomic E-state index is 11.7. The van der Waals surface area contributed by atoms with Gasteiger partial charge < -0.3 is 9.84 Å². The first-order valence-corrected chi connectivity index (χ1v) is 6.31. The molecule has 0 atom stereocenters. The second kappa shape index (κ2) is 6.55. The first-order chi connectivity index (χ1) is 8.52. The molecule has 1 rings (SSSR count). The summed E-state index contributed by atoms with van der Waals surface area (Å²) in [6.45, 7) is 3.96. The van der Waals surface area contributed by atoms with E-state index in [4.69, 9.17) is 9.84 Å². The van der Waals surface area contributed by atoms with E-state index in [1.807, 2.05) is 38.1 Å². The Morgan fingerprint density at radius 2 is 1.83 bits per heavy atom. The highest BCUT2D eigenvalue weighted by Crippen LogP contribution is 2.25. The molecule has 0 heterocycles. The number of carbonyl (C=O) groups excluding carboxylic acids is 1. The summed E-state index contributed by atoms with van der Waals surface area (Å²) in [5.74, 6) is -0.226. The molecule has 0 aliphatic carbocycles. The van der Waals surface area contributed by atoms with Crippen LogP contribution in [0.15, 0.2) is 24.3 Å². The fourth-order valence-electron chi connectivity index (χ4n) is 1.90. The second-order valence-corrected chi connectivity index (χ2v) is 4.99. The summed E-state index contributed by atoms with van der Waals surface area (Å²) in [4.78, 5) is 11.7. The molecule has 0 amide bonds. The average molecular weight is 250 g/mol. The minimum absolute atomic E-state index is 0.226. The molecule has 0 spiro atoms.